The number of thioether (sulfide) groups is 1. The number of rotatable bonds is 4. The second kappa shape index (κ2) is 9.55. The molecule has 5 heterocycles. The quantitative estimate of drug-likeness (QED) is 0.272. The summed E-state index contributed by atoms with van der Waals surface area (Å²) in [6.07, 6.45) is 4.20. The van der Waals surface area contributed by atoms with Gasteiger partial charge in [0.15, 0.2) is 11.5 Å². The first-order valence-electron chi connectivity index (χ1n) is 12.5. The van der Waals surface area contributed by atoms with Crippen molar-refractivity contribution in [3.05, 3.63) is 104 Å². The highest BCUT2D eigenvalue weighted by Crippen LogP contribution is 2.37. The van der Waals surface area contributed by atoms with Gasteiger partial charge in [0.25, 0.3) is 11.5 Å². The van der Waals surface area contributed by atoms with E-state index in [-0.39, 0.29) is 18.3 Å². The van der Waals surface area contributed by atoms with E-state index in [0.717, 1.165) is 18.5 Å². The molecular weight excluding hydrogens is 532 g/mol. The Morgan fingerprint density at radius 3 is 2.72 bits per heavy atom. The topological polar surface area (TPSA) is 76.4 Å². The molecule has 10 heteroatoms. The van der Waals surface area contributed by atoms with E-state index in [4.69, 9.17) is 26.7 Å². The predicted molar refractivity (Wildman–Crippen MR) is 154 cm³/mol. The van der Waals surface area contributed by atoms with Crippen molar-refractivity contribution in [1.82, 2.24) is 14.3 Å². The van der Waals surface area contributed by atoms with E-state index in [0.29, 0.717) is 50.8 Å². The monoisotopic (exact) mass is 554 g/mol. The Bertz CT molecular complexity index is 1770. The van der Waals surface area contributed by atoms with Crippen molar-refractivity contribution < 1.29 is 14.3 Å². The first-order valence-corrected chi connectivity index (χ1v) is 13.7. The third kappa shape index (κ3) is 4.25. The van der Waals surface area contributed by atoms with Crippen LogP contribution in [0, 0.1) is 0 Å². The molecule has 7 rings (SSSR count). The number of ether oxygens (including phenoxy) is 2. The molecule has 0 radical (unpaired) electrons. The summed E-state index contributed by atoms with van der Waals surface area (Å²) in [6.45, 7) is 1.84. The van der Waals surface area contributed by atoms with Crippen LogP contribution in [0.2, 0.25) is 0 Å². The van der Waals surface area contributed by atoms with Crippen LogP contribution in [0.5, 0.6) is 11.5 Å². The van der Waals surface area contributed by atoms with E-state index in [9.17, 15) is 9.59 Å². The van der Waals surface area contributed by atoms with Crippen LogP contribution < -0.4 is 19.9 Å². The van der Waals surface area contributed by atoms with Gasteiger partial charge in [-0.05, 0) is 53.5 Å². The molecule has 194 valence electrons. The van der Waals surface area contributed by atoms with Gasteiger partial charge in [0, 0.05) is 19.3 Å². The van der Waals surface area contributed by atoms with Gasteiger partial charge in [-0.15, -0.1) is 0 Å². The van der Waals surface area contributed by atoms with Crippen molar-refractivity contribution in [3.8, 4) is 11.5 Å². The highest BCUT2D eigenvalue weighted by Gasteiger charge is 2.33. The molecule has 0 spiro atoms. The van der Waals surface area contributed by atoms with Gasteiger partial charge in [0.05, 0.1) is 17.0 Å². The van der Waals surface area contributed by atoms with E-state index >= 15 is 0 Å². The van der Waals surface area contributed by atoms with Gasteiger partial charge in [0.1, 0.15) is 15.8 Å². The van der Waals surface area contributed by atoms with Crippen LogP contribution in [-0.4, -0.2) is 37.8 Å². The molecule has 1 fully saturated rings. The summed E-state index contributed by atoms with van der Waals surface area (Å²) in [5.41, 5.74) is 4.09. The van der Waals surface area contributed by atoms with E-state index in [1.54, 1.807) is 23.2 Å². The fourth-order valence-electron chi connectivity index (χ4n) is 5.12. The number of benzene rings is 2. The number of nitrogens with zero attached hydrogens (tertiary/aromatic N) is 4. The SMILES string of the molecule is O=C1/C(=C\c2c(N3CCc4ccccc4C3)nc3ccccn3c2=O)SC(=S)N1Cc1ccc2c(c1)OCO2. The Hall–Kier alpha value is -4.15. The Labute approximate surface area is 233 Å². The lowest BCUT2D eigenvalue weighted by atomic mass is 9.99. The number of fused-ring (bicyclic) bond motifs is 3. The second-order valence-corrected chi connectivity index (χ2v) is 11.2. The Morgan fingerprint density at radius 1 is 1.00 bits per heavy atom. The summed E-state index contributed by atoms with van der Waals surface area (Å²) in [7, 11) is 0. The molecule has 3 aliphatic rings. The fourth-order valence-corrected chi connectivity index (χ4v) is 6.36. The average molecular weight is 555 g/mol. The first-order chi connectivity index (χ1) is 19.0. The first kappa shape index (κ1) is 23.9. The standard InChI is InChI=1S/C29H22N4O4S2/c34-27-21(14-24-28(35)33(29(38)39-24)15-18-8-9-22-23(13-18)37-17-36-22)26(30-25-7-3-4-11-32(25)27)31-12-10-19-5-1-2-6-20(19)16-31/h1-9,11,13-14H,10,12,15-17H2/b24-14+. The summed E-state index contributed by atoms with van der Waals surface area (Å²) >= 11 is 6.78. The van der Waals surface area contributed by atoms with Gasteiger partial charge >= 0.3 is 0 Å². The van der Waals surface area contributed by atoms with Crippen LogP contribution in [-0.2, 0) is 24.3 Å². The van der Waals surface area contributed by atoms with E-state index in [1.807, 2.05) is 42.5 Å². The molecule has 0 saturated carbocycles. The van der Waals surface area contributed by atoms with Crippen molar-refractivity contribution >= 4 is 51.7 Å². The molecule has 0 atom stereocenters. The number of hydrogen-bond acceptors (Lipinski definition) is 8. The van der Waals surface area contributed by atoms with Gasteiger partial charge in [-0.2, -0.15) is 0 Å². The number of thiocarbonyl (C=S) groups is 1. The zero-order valence-corrected chi connectivity index (χ0v) is 22.3. The van der Waals surface area contributed by atoms with Gasteiger partial charge in [-0.25, -0.2) is 4.98 Å². The third-order valence-corrected chi connectivity index (χ3v) is 8.48. The average Bonchev–Trinajstić information content (AvgIpc) is 3.53. The number of aromatic nitrogens is 2. The maximum atomic E-state index is 13.8. The number of pyridine rings is 1. The zero-order valence-electron chi connectivity index (χ0n) is 20.7. The molecule has 0 N–H and O–H groups in total. The fraction of sp³-hybridized carbons (Fsp3) is 0.172. The molecule has 39 heavy (non-hydrogen) atoms. The highest BCUT2D eigenvalue weighted by molar-refractivity contribution is 8.26. The van der Waals surface area contributed by atoms with Crippen molar-refractivity contribution in [2.45, 2.75) is 19.5 Å². The highest BCUT2D eigenvalue weighted by atomic mass is 32.2. The van der Waals surface area contributed by atoms with E-state index in [2.05, 4.69) is 17.0 Å². The Morgan fingerprint density at radius 2 is 1.82 bits per heavy atom. The zero-order chi connectivity index (χ0) is 26.5. The Kier molecular flexibility index (Phi) is 5.86. The van der Waals surface area contributed by atoms with E-state index < -0.39 is 0 Å². The summed E-state index contributed by atoms with van der Waals surface area (Å²) < 4.78 is 12.8. The maximum absolute atomic E-state index is 13.8. The molecule has 2 aromatic heterocycles. The number of carbonyl (C=O) groups excluding carboxylic acids is 1. The van der Waals surface area contributed by atoms with Crippen molar-refractivity contribution in [2.24, 2.45) is 0 Å². The molecule has 8 nitrogen and oxygen atoms in total. The minimum absolute atomic E-state index is 0.183. The third-order valence-electron chi connectivity index (χ3n) is 7.11. The molecule has 4 aromatic rings. The molecule has 0 bridgehead atoms. The van der Waals surface area contributed by atoms with Crippen molar-refractivity contribution in [3.63, 3.8) is 0 Å². The molecule has 2 aromatic carbocycles. The molecule has 1 amide bonds. The van der Waals surface area contributed by atoms with E-state index in [1.165, 1.54) is 27.3 Å². The van der Waals surface area contributed by atoms with Crippen LogP contribution >= 0.6 is 24.0 Å². The number of hydrogen-bond donors (Lipinski definition) is 0. The smallest absolute Gasteiger partial charge is 0.267 e. The van der Waals surface area contributed by atoms with Crippen LogP contribution in [0.4, 0.5) is 5.82 Å². The lowest BCUT2D eigenvalue weighted by Gasteiger charge is -2.30. The molecule has 0 aliphatic carbocycles. The van der Waals surface area contributed by atoms with Crippen LogP contribution in [0.15, 0.2) is 76.6 Å². The van der Waals surface area contributed by atoms with Gasteiger partial charge in [-0.1, -0.05) is 60.4 Å². The maximum Gasteiger partial charge on any atom is 0.267 e. The lowest BCUT2D eigenvalue weighted by Crippen LogP contribution is -2.34. The number of carbonyl (C=O) groups is 1. The van der Waals surface area contributed by atoms with Crippen LogP contribution in [0.25, 0.3) is 11.7 Å². The number of anilines is 1. The van der Waals surface area contributed by atoms with Gasteiger partial charge in [-0.3, -0.25) is 18.9 Å². The molecular formula is C29H22N4O4S2. The predicted octanol–water partition coefficient (Wildman–Crippen LogP) is 4.39. The normalized spacial score (nSPS) is 17.4. The molecule has 0 unspecified atom stereocenters. The summed E-state index contributed by atoms with van der Waals surface area (Å²) in [5.74, 6) is 1.66. The van der Waals surface area contributed by atoms with Gasteiger partial charge in [0.2, 0.25) is 6.79 Å². The minimum atomic E-state index is -0.241. The van der Waals surface area contributed by atoms with Crippen molar-refractivity contribution in [1.29, 1.82) is 0 Å². The van der Waals surface area contributed by atoms with Crippen LogP contribution in [0.1, 0.15) is 22.3 Å². The summed E-state index contributed by atoms with van der Waals surface area (Å²) in [5, 5.41) is 0. The summed E-state index contributed by atoms with van der Waals surface area (Å²) in [6, 6.07) is 19.4. The molecule has 3 aliphatic heterocycles. The van der Waals surface area contributed by atoms with Gasteiger partial charge < -0.3 is 14.4 Å². The van der Waals surface area contributed by atoms with Crippen LogP contribution in [0.3, 0.4) is 0 Å². The lowest BCUT2D eigenvalue weighted by molar-refractivity contribution is -0.122. The Balaban J connectivity index is 1.26. The van der Waals surface area contributed by atoms with Crippen molar-refractivity contribution in [2.75, 3.05) is 18.2 Å². The number of amides is 1. The minimum Gasteiger partial charge on any atom is -0.454 e. The largest absolute Gasteiger partial charge is 0.454 e. The summed E-state index contributed by atoms with van der Waals surface area (Å²) in [4.78, 5) is 36.2. The molecule has 1 saturated heterocycles. The second-order valence-electron chi connectivity index (χ2n) is 9.48.